The first kappa shape index (κ1) is 30.4. The molecule has 3 aliphatic rings. The lowest BCUT2D eigenvalue weighted by Crippen LogP contribution is -2.36. The molecule has 24 heteroatoms. The maximum Gasteiger partial charge on any atom is 0.472 e. The van der Waals surface area contributed by atoms with Crippen molar-refractivity contribution < 1.29 is 56.7 Å². The van der Waals surface area contributed by atoms with Gasteiger partial charge in [0.2, 0.25) is 0 Å². The van der Waals surface area contributed by atoms with E-state index in [9.17, 15) is 33.9 Å². The van der Waals surface area contributed by atoms with Crippen LogP contribution in [0.15, 0.2) is 23.8 Å². The fourth-order valence-electron chi connectivity index (χ4n) is 5.39. The highest BCUT2D eigenvalue weighted by Gasteiger charge is 2.54. The lowest BCUT2D eigenvalue weighted by molar-refractivity contribution is -0.0672. The van der Waals surface area contributed by atoms with Gasteiger partial charge >= 0.3 is 15.6 Å². The van der Waals surface area contributed by atoms with Gasteiger partial charge < -0.3 is 40.2 Å². The molecule has 0 amide bonds. The van der Waals surface area contributed by atoms with Crippen LogP contribution in [-0.4, -0.2) is 109 Å². The molecule has 3 aliphatic heterocycles. The van der Waals surface area contributed by atoms with E-state index in [0.29, 0.717) is 0 Å². The molecule has 3 saturated heterocycles. The van der Waals surface area contributed by atoms with Gasteiger partial charge in [-0.3, -0.25) is 32.0 Å². The molecule has 7 N–H and O–H groups in total. The van der Waals surface area contributed by atoms with E-state index in [2.05, 4.69) is 29.9 Å². The Balaban J connectivity index is 1.21. The number of aryl methyl sites for hydroxylation is 1. The predicted octanol–water partition coefficient (Wildman–Crippen LogP) is -1.62. The molecular weight excluding hydrogens is 648 g/mol. The van der Waals surface area contributed by atoms with Gasteiger partial charge in [-0.05, 0) is 6.92 Å². The van der Waals surface area contributed by atoms with Crippen molar-refractivity contribution in [1.29, 1.82) is 0 Å². The van der Waals surface area contributed by atoms with Crippen molar-refractivity contribution in [2.24, 2.45) is 0 Å². The number of imidazole rings is 2. The molecule has 4 aromatic rings. The van der Waals surface area contributed by atoms with Crippen LogP contribution in [0.4, 0.5) is 5.82 Å². The molecule has 0 aliphatic carbocycles. The van der Waals surface area contributed by atoms with Gasteiger partial charge in [-0.15, -0.1) is 0 Å². The van der Waals surface area contributed by atoms with Gasteiger partial charge in [0.15, 0.2) is 35.1 Å². The Bertz CT molecular complexity index is 1930. The molecule has 4 aromatic heterocycles. The first-order chi connectivity index (χ1) is 21.3. The predicted molar refractivity (Wildman–Crippen MR) is 144 cm³/mol. The maximum absolute atomic E-state index is 13.2. The lowest BCUT2D eigenvalue weighted by atomic mass is 10.1. The number of fused-ring (bicyclic) bond motifs is 5. The number of aliphatic hydroxyl groups excluding tert-OH is 2. The molecule has 2 bridgehead atoms. The highest BCUT2D eigenvalue weighted by Crippen LogP contribution is 2.53. The van der Waals surface area contributed by atoms with E-state index >= 15 is 0 Å². The van der Waals surface area contributed by atoms with E-state index in [1.165, 1.54) is 22.4 Å². The van der Waals surface area contributed by atoms with Crippen molar-refractivity contribution in [2.45, 2.75) is 56.0 Å². The summed E-state index contributed by atoms with van der Waals surface area (Å²) in [4.78, 5) is 56.4. The quantitative estimate of drug-likeness (QED) is 0.130. The third-order valence-electron chi connectivity index (χ3n) is 7.42. The molecule has 22 nitrogen and oxygen atoms in total. The molecule has 0 spiro atoms. The summed E-state index contributed by atoms with van der Waals surface area (Å²) < 4.78 is 61.3. The van der Waals surface area contributed by atoms with Crippen molar-refractivity contribution in [2.75, 3.05) is 18.9 Å². The van der Waals surface area contributed by atoms with Crippen LogP contribution >= 0.6 is 15.6 Å². The Labute approximate surface area is 249 Å². The topological polar surface area (TPSA) is 304 Å². The summed E-state index contributed by atoms with van der Waals surface area (Å²) in [5.74, 6) is 0.256. The first-order valence-corrected chi connectivity index (χ1v) is 16.2. The Hall–Kier alpha value is -3.24. The standard InChI is InChI=1S/C21H25N9O13P2/c1-7-27-18-11(19(33)28-7)26-6-30(18)21-15-12(31)8(40-21)2-38-44(34,35)42-14-9(3-39-45(36,37)43-15)41-20(13(14)32)29-5-25-10-16(22)23-4-24-17(10)29/h4-6,8-9,12-15,20-21,31-32H,2-3H2,1H3,(H,34,35)(H,36,37)(H2,22,23,24)(H,27,28,33)/t8-,9-,12-,13-,14-,15-,20-,21-/m1/s1. The minimum absolute atomic E-state index is 0.00383. The molecule has 0 saturated carbocycles. The van der Waals surface area contributed by atoms with Crippen LogP contribution in [0, 0.1) is 6.92 Å². The number of aromatic nitrogens is 8. The number of H-pyrrole nitrogens is 1. The average molecular weight is 673 g/mol. The molecule has 2 unspecified atom stereocenters. The summed E-state index contributed by atoms with van der Waals surface area (Å²) in [5.41, 5.74) is 5.49. The van der Waals surface area contributed by atoms with Gasteiger partial charge in [0.1, 0.15) is 54.3 Å². The molecule has 45 heavy (non-hydrogen) atoms. The van der Waals surface area contributed by atoms with E-state index in [-0.39, 0.29) is 34.0 Å². The lowest BCUT2D eigenvalue weighted by Gasteiger charge is -2.25. The summed E-state index contributed by atoms with van der Waals surface area (Å²) in [6, 6.07) is 0. The number of ether oxygens (including phenoxy) is 2. The smallest absolute Gasteiger partial charge is 0.387 e. The van der Waals surface area contributed by atoms with Gasteiger partial charge in [-0.25, -0.2) is 34.0 Å². The van der Waals surface area contributed by atoms with E-state index < -0.39 is 83.5 Å². The molecule has 0 aromatic carbocycles. The molecule has 7 rings (SSSR count). The Kier molecular flexibility index (Phi) is 7.39. The fourth-order valence-corrected chi connectivity index (χ4v) is 7.29. The Morgan fingerprint density at radius 1 is 0.867 bits per heavy atom. The van der Waals surface area contributed by atoms with Gasteiger partial charge in [0, 0.05) is 0 Å². The van der Waals surface area contributed by atoms with Crippen LogP contribution in [-0.2, 0) is 36.7 Å². The molecule has 7 heterocycles. The largest absolute Gasteiger partial charge is 0.472 e. The monoisotopic (exact) mass is 673 g/mol. The van der Waals surface area contributed by atoms with Crippen LogP contribution in [0.5, 0.6) is 0 Å². The Morgan fingerprint density at radius 2 is 1.49 bits per heavy atom. The second-order valence-corrected chi connectivity index (χ2v) is 13.2. The van der Waals surface area contributed by atoms with Gasteiger partial charge in [0.25, 0.3) is 5.56 Å². The molecular formula is C21H25N9O13P2. The number of anilines is 1. The summed E-state index contributed by atoms with van der Waals surface area (Å²) in [7, 11) is -10.1. The van der Waals surface area contributed by atoms with Crippen LogP contribution in [0.3, 0.4) is 0 Å². The number of hydrogen-bond donors (Lipinski definition) is 6. The number of nitrogen functional groups attached to an aromatic ring is 1. The normalized spacial score (nSPS) is 37.7. The summed E-state index contributed by atoms with van der Waals surface area (Å²) >= 11 is 0. The molecule has 3 fully saturated rings. The van der Waals surface area contributed by atoms with Crippen LogP contribution in [0.1, 0.15) is 18.3 Å². The SMILES string of the molecule is Cc1nc2c(ncn2[C@@H]2O[C@@H]3COP(=O)(O)O[C@H]4[C@@H](O)[C@H](n5cnc6c(N)ncnc65)O[C@@H]4COP(=O)(O)O[C@@H]2[C@@H]3O)c(=O)[nH]1. The van der Waals surface area contributed by atoms with Gasteiger partial charge in [0.05, 0.1) is 25.9 Å². The third kappa shape index (κ3) is 5.37. The van der Waals surface area contributed by atoms with Crippen molar-refractivity contribution >= 4 is 43.8 Å². The second kappa shape index (κ2) is 10.9. The van der Waals surface area contributed by atoms with Gasteiger partial charge in [-0.1, -0.05) is 0 Å². The number of aliphatic hydroxyl groups is 2. The number of hydrogen-bond acceptors (Lipinski definition) is 17. The molecule has 0 radical (unpaired) electrons. The zero-order valence-corrected chi connectivity index (χ0v) is 24.6. The first-order valence-electron chi connectivity index (χ1n) is 13.2. The maximum atomic E-state index is 13.2. The van der Waals surface area contributed by atoms with E-state index in [0.717, 1.165) is 12.7 Å². The summed E-state index contributed by atoms with van der Waals surface area (Å²) in [5, 5.41) is 22.2. The number of rotatable bonds is 2. The second-order valence-electron chi connectivity index (χ2n) is 10.3. The highest BCUT2D eigenvalue weighted by molar-refractivity contribution is 7.47. The van der Waals surface area contributed by atoms with Crippen LogP contribution < -0.4 is 11.3 Å². The van der Waals surface area contributed by atoms with Crippen molar-refractivity contribution in [3.8, 4) is 0 Å². The molecule has 242 valence electrons. The zero-order valence-electron chi connectivity index (χ0n) is 22.8. The number of nitrogens with zero attached hydrogens (tertiary/aromatic N) is 7. The van der Waals surface area contributed by atoms with Crippen molar-refractivity contribution in [1.82, 2.24) is 39.0 Å². The van der Waals surface area contributed by atoms with Crippen molar-refractivity contribution in [3.05, 3.63) is 35.2 Å². The van der Waals surface area contributed by atoms with Crippen LogP contribution in [0.25, 0.3) is 22.3 Å². The van der Waals surface area contributed by atoms with E-state index in [4.69, 9.17) is 33.3 Å². The summed E-state index contributed by atoms with van der Waals surface area (Å²) in [6.07, 6.45) is -8.94. The zero-order chi connectivity index (χ0) is 31.8. The number of nitrogens with one attached hydrogen (secondary N) is 1. The highest BCUT2D eigenvalue weighted by atomic mass is 31.2. The fraction of sp³-hybridized carbons (Fsp3) is 0.524. The van der Waals surface area contributed by atoms with Gasteiger partial charge in [-0.2, -0.15) is 0 Å². The Morgan fingerprint density at radius 3 is 2.22 bits per heavy atom. The number of nitrogens with two attached hydrogens (primary N) is 1. The number of phosphoric ester groups is 2. The molecule has 10 atom stereocenters. The van der Waals surface area contributed by atoms with Crippen LogP contribution in [0.2, 0.25) is 0 Å². The van der Waals surface area contributed by atoms with E-state index in [1.807, 2.05) is 0 Å². The third-order valence-corrected chi connectivity index (χ3v) is 9.39. The van der Waals surface area contributed by atoms with E-state index in [1.54, 1.807) is 0 Å². The average Bonchev–Trinajstić information content (AvgIpc) is 3.72. The number of phosphoric acid groups is 2. The van der Waals surface area contributed by atoms with Crippen molar-refractivity contribution in [3.63, 3.8) is 0 Å². The minimum atomic E-state index is -5.09. The minimum Gasteiger partial charge on any atom is -0.387 e. The summed E-state index contributed by atoms with van der Waals surface area (Å²) in [6.45, 7) is -0.0994. The number of aromatic amines is 1.